The standard InChI is InChI=1S/C15H19N3O/c16-13-9-17-14-7-2-1-6-12(14)15(13)18-8-4-3-5-11(18)10-19/h1-2,6-7,9,11,19H,3-5,8,10,16H2. The van der Waals surface area contributed by atoms with Crippen molar-refractivity contribution < 1.29 is 5.11 Å². The predicted octanol–water partition coefficient (Wildman–Crippen LogP) is 2.17. The minimum Gasteiger partial charge on any atom is -0.396 e. The molecule has 100 valence electrons. The lowest BCUT2D eigenvalue weighted by molar-refractivity contribution is 0.240. The highest BCUT2D eigenvalue weighted by molar-refractivity contribution is 5.97. The zero-order valence-corrected chi connectivity index (χ0v) is 10.9. The van der Waals surface area contributed by atoms with Crippen LogP contribution in [0, 0.1) is 0 Å². The van der Waals surface area contributed by atoms with Crippen molar-refractivity contribution in [3.63, 3.8) is 0 Å². The van der Waals surface area contributed by atoms with E-state index in [4.69, 9.17) is 5.73 Å². The highest BCUT2D eigenvalue weighted by atomic mass is 16.3. The van der Waals surface area contributed by atoms with Crippen LogP contribution in [-0.4, -0.2) is 29.3 Å². The smallest absolute Gasteiger partial charge is 0.0745 e. The van der Waals surface area contributed by atoms with Crippen LogP contribution in [0.4, 0.5) is 11.4 Å². The minimum absolute atomic E-state index is 0.168. The SMILES string of the molecule is Nc1cnc2ccccc2c1N1CCCCC1CO. The van der Waals surface area contributed by atoms with Crippen LogP contribution in [0.25, 0.3) is 10.9 Å². The molecule has 0 saturated carbocycles. The summed E-state index contributed by atoms with van der Waals surface area (Å²) in [6.07, 6.45) is 5.06. The maximum atomic E-state index is 9.59. The first-order valence-corrected chi connectivity index (χ1v) is 6.82. The highest BCUT2D eigenvalue weighted by Gasteiger charge is 2.25. The third-order valence-corrected chi connectivity index (χ3v) is 3.90. The molecule has 1 aromatic heterocycles. The maximum absolute atomic E-state index is 9.59. The summed E-state index contributed by atoms with van der Waals surface area (Å²) in [5.74, 6) is 0. The van der Waals surface area contributed by atoms with E-state index in [1.807, 2.05) is 18.2 Å². The molecule has 1 unspecified atom stereocenters. The van der Waals surface area contributed by atoms with E-state index in [9.17, 15) is 5.11 Å². The first kappa shape index (κ1) is 12.2. The molecule has 0 aliphatic carbocycles. The van der Waals surface area contributed by atoms with Gasteiger partial charge in [0.2, 0.25) is 0 Å². The molecule has 0 spiro atoms. The summed E-state index contributed by atoms with van der Waals surface area (Å²) in [6, 6.07) is 8.20. The van der Waals surface area contributed by atoms with Gasteiger partial charge in [-0.1, -0.05) is 18.2 Å². The summed E-state index contributed by atoms with van der Waals surface area (Å²) in [5, 5.41) is 10.7. The number of aliphatic hydroxyl groups is 1. The van der Waals surface area contributed by atoms with Gasteiger partial charge in [0.25, 0.3) is 0 Å². The second kappa shape index (κ2) is 5.05. The maximum Gasteiger partial charge on any atom is 0.0745 e. The average molecular weight is 257 g/mol. The van der Waals surface area contributed by atoms with Gasteiger partial charge in [-0.05, 0) is 25.3 Å². The molecule has 3 rings (SSSR count). The zero-order valence-electron chi connectivity index (χ0n) is 10.9. The molecule has 4 nitrogen and oxygen atoms in total. The summed E-state index contributed by atoms with van der Waals surface area (Å²) in [4.78, 5) is 6.63. The molecule has 1 aromatic carbocycles. The van der Waals surface area contributed by atoms with Gasteiger partial charge in [-0.3, -0.25) is 4.98 Å². The molecule has 4 heteroatoms. The van der Waals surface area contributed by atoms with E-state index in [-0.39, 0.29) is 12.6 Å². The van der Waals surface area contributed by atoms with Gasteiger partial charge in [0, 0.05) is 11.9 Å². The van der Waals surface area contributed by atoms with Crippen LogP contribution in [0.1, 0.15) is 19.3 Å². The normalized spacial score (nSPS) is 19.8. The van der Waals surface area contributed by atoms with E-state index in [1.54, 1.807) is 6.20 Å². The molecule has 1 atom stereocenters. The molecule has 1 fully saturated rings. The Bertz CT molecular complexity index is 585. The number of hydrogen-bond donors (Lipinski definition) is 2. The summed E-state index contributed by atoms with van der Waals surface area (Å²) >= 11 is 0. The number of piperidine rings is 1. The van der Waals surface area contributed by atoms with E-state index in [0.29, 0.717) is 5.69 Å². The Hall–Kier alpha value is -1.81. The molecule has 0 bridgehead atoms. The lowest BCUT2D eigenvalue weighted by Crippen LogP contribution is -2.42. The molecule has 0 amide bonds. The van der Waals surface area contributed by atoms with Gasteiger partial charge in [-0.15, -0.1) is 0 Å². The van der Waals surface area contributed by atoms with Gasteiger partial charge in [0.1, 0.15) is 0 Å². The number of aliphatic hydroxyl groups excluding tert-OH is 1. The van der Waals surface area contributed by atoms with Crippen molar-refractivity contribution in [2.45, 2.75) is 25.3 Å². The van der Waals surface area contributed by atoms with Crippen LogP contribution in [0.15, 0.2) is 30.5 Å². The van der Waals surface area contributed by atoms with Crippen LogP contribution in [0.2, 0.25) is 0 Å². The van der Waals surface area contributed by atoms with Crippen molar-refractivity contribution in [1.82, 2.24) is 4.98 Å². The first-order chi connectivity index (χ1) is 9.31. The molecule has 2 aromatic rings. The zero-order chi connectivity index (χ0) is 13.2. The quantitative estimate of drug-likeness (QED) is 0.865. The second-order valence-corrected chi connectivity index (χ2v) is 5.10. The van der Waals surface area contributed by atoms with Crippen LogP contribution in [0.3, 0.4) is 0 Å². The summed E-state index contributed by atoms with van der Waals surface area (Å²) in [6.45, 7) is 1.12. The molecule has 0 radical (unpaired) electrons. The molecule has 2 heterocycles. The third kappa shape index (κ3) is 2.12. The van der Waals surface area contributed by atoms with Crippen LogP contribution >= 0.6 is 0 Å². The fourth-order valence-corrected chi connectivity index (χ4v) is 2.95. The number of rotatable bonds is 2. The van der Waals surface area contributed by atoms with Crippen molar-refractivity contribution in [1.29, 1.82) is 0 Å². The average Bonchev–Trinajstić information content (AvgIpc) is 2.47. The Labute approximate surface area is 112 Å². The van der Waals surface area contributed by atoms with Crippen molar-refractivity contribution >= 4 is 22.3 Å². The number of pyridine rings is 1. The number of hydrogen-bond acceptors (Lipinski definition) is 4. The predicted molar refractivity (Wildman–Crippen MR) is 78.2 cm³/mol. The third-order valence-electron chi connectivity index (χ3n) is 3.90. The number of fused-ring (bicyclic) bond motifs is 1. The van der Waals surface area contributed by atoms with Gasteiger partial charge in [-0.2, -0.15) is 0 Å². The lowest BCUT2D eigenvalue weighted by Gasteiger charge is -2.37. The van der Waals surface area contributed by atoms with Crippen LogP contribution < -0.4 is 10.6 Å². The summed E-state index contributed by atoms with van der Waals surface area (Å²) < 4.78 is 0. The first-order valence-electron chi connectivity index (χ1n) is 6.82. The second-order valence-electron chi connectivity index (χ2n) is 5.10. The molecule has 1 saturated heterocycles. The van der Waals surface area contributed by atoms with Crippen molar-refractivity contribution in [3.8, 4) is 0 Å². The molecule has 3 N–H and O–H groups in total. The molecule has 1 aliphatic rings. The lowest BCUT2D eigenvalue weighted by atomic mass is 10.0. The van der Waals surface area contributed by atoms with Gasteiger partial charge >= 0.3 is 0 Å². The fourth-order valence-electron chi connectivity index (χ4n) is 2.95. The molecular formula is C15H19N3O. The monoisotopic (exact) mass is 257 g/mol. The fraction of sp³-hybridized carbons (Fsp3) is 0.400. The number of nitrogens with zero attached hydrogens (tertiary/aromatic N) is 2. The van der Waals surface area contributed by atoms with Gasteiger partial charge in [0.05, 0.1) is 35.7 Å². The Morgan fingerprint density at radius 1 is 1.32 bits per heavy atom. The summed E-state index contributed by atoms with van der Waals surface area (Å²) in [5.41, 5.74) is 8.83. The van der Waals surface area contributed by atoms with Gasteiger partial charge in [-0.25, -0.2) is 0 Å². The van der Waals surface area contributed by atoms with Gasteiger partial charge in [0.15, 0.2) is 0 Å². The highest BCUT2D eigenvalue weighted by Crippen LogP contribution is 2.35. The number of para-hydroxylation sites is 1. The largest absolute Gasteiger partial charge is 0.396 e. The Balaban J connectivity index is 2.14. The Morgan fingerprint density at radius 2 is 2.16 bits per heavy atom. The number of benzene rings is 1. The molecule has 19 heavy (non-hydrogen) atoms. The Kier molecular flexibility index (Phi) is 3.25. The topological polar surface area (TPSA) is 62.4 Å². The van der Waals surface area contributed by atoms with E-state index in [2.05, 4.69) is 16.0 Å². The van der Waals surface area contributed by atoms with Crippen LogP contribution in [0.5, 0.6) is 0 Å². The molecule has 1 aliphatic heterocycles. The van der Waals surface area contributed by atoms with Gasteiger partial charge < -0.3 is 15.7 Å². The van der Waals surface area contributed by atoms with Crippen molar-refractivity contribution in [2.24, 2.45) is 0 Å². The van der Waals surface area contributed by atoms with E-state index < -0.39 is 0 Å². The van der Waals surface area contributed by atoms with E-state index in [1.165, 1.54) is 6.42 Å². The van der Waals surface area contributed by atoms with Crippen molar-refractivity contribution in [3.05, 3.63) is 30.5 Å². The van der Waals surface area contributed by atoms with E-state index >= 15 is 0 Å². The Morgan fingerprint density at radius 3 is 3.00 bits per heavy atom. The van der Waals surface area contributed by atoms with E-state index in [0.717, 1.165) is 36.0 Å². The number of anilines is 2. The number of nitrogen functional groups attached to an aromatic ring is 1. The van der Waals surface area contributed by atoms with Crippen LogP contribution in [-0.2, 0) is 0 Å². The summed E-state index contributed by atoms with van der Waals surface area (Å²) in [7, 11) is 0. The number of aromatic nitrogens is 1. The minimum atomic E-state index is 0.168. The number of nitrogens with two attached hydrogens (primary N) is 1. The van der Waals surface area contributed by atoms with Crippen molar-refractivity contribution in [2.75, 3.05) is 23.8 Å². The molecular weight excluding hydrogens is 238 g/mol.